The van der Waals surface area contributed by atoms with Crippen LogP contribution in [0.15, 0.2) is 30.3 Å². The maximum atomic E-state index is 14.0. The molecule has 36 heavy (non-hydrogen) atoms. The number of likely N-dealkylation sites (tertiary alicyclic amines) is 1. The van der Waals surface area contributed by atoms with Gasteiger partial charge in [-0.3, -0.25) is 9.69 Å². The molecule has 4 fully saturated rings. The number of morpholine rings is 1. The van der Waals surface area contributed by atoms with Gasteiger partial charge < -0.3 is 19.4 Å². The molecule has 1 aromatic rings. The molecule has 1 aromatic carbocycles. The first-order valence-electron chi connectivity index (χ1n) is 14.4. The molecule has 0 aromatic heterocycles. The van der Waals surface area contributed by atoms with Crippen LogP contribution in [0.25, 0.3) is 0 Å². The average molecular weight is 519 g/mol. The molecule has 0 bridgehead atoms. The lowest BCUT2D eigenvalue weighted by Gasteiger charge is -2.45. The van der Waals surface area contributed by atoms with Crippen molar-refractivity contribution in [1.82, 2.24) is 14.7 Å². The Labute approximate surface area is 224 Å². The van der Waals surface area contributed by atoms with E-state index < -0.39 is 0 Å². The average Bonchev–Trinajstić information content (AvgIpc) is 3.18. The summed E-state index contributed by atoms with van der Waals surface area (Å²) >= 11 is 0. The Morgan fingerprint density at radius 3 is 2.06 bits per heavy atom. The molecule has 0 radical (unpaired) electrons. The van der Waals surface area contributed by atoms with E-state index in [-0.39, 0.29) is 17.9 Å². The van der Waals surface area contributed by atoms with Crippen LogP contribution in [0, 0.1) is 0 Å². The zero-order valence-corrected chi connectivity index (χ0v) is 22.9. The lowest BCUT2D eigenvalue weighted by molar-refractivity contribution is -0.134. The van der Waals surface area contributed by atoms with Gasteiger partial charge in [0, 0.05) is 51.0 Å². The number of para-hydroxylation sites is 1. The van der Waals surface area contributed by atoms with Crippen LogP contribution < -0.4 is 4.90 Å². The number of carbonyl (C=O) groups is 1. The van der Waals surface area contributed by atoms with Gasteiger partial charge in [-0.25, -0.2) is 0 Å². The summed E-state index contributed by atoms with van der Waals surface area (Å²) in [4.78, 5) is 23.8. The van der Waals surface area contributed by atoms with Crippen molar-refractivity contribution in [3.63, 3.8) is 0 Å². The highest BCUT2D eigenvalue weighted by atomic mass is 35.5. The third-order valence-electron chi connectivity index (χ3n) is 9.09. The molecule has 3 aliphatic heterocycles. The Kier molecular flexibility index (Phi) is 10.3. The van der Waals surface area contributed by atoms with Gasteiger partial charge in [-0.15, -0.1) is 12.4 Å². The maximum Gasteiger partial charge on any atom is 0.250 e. The second kappa shape index (κ2) is 13.5. The minimum absolute atomic E-state index is 0. The molecule has 5 rings (SSSR count). The van der Waals surface area contributed by atoms with Gasteiger partial charge in [-0.2, -0.15) is 0 Å². The number of hydrogen-bond acceptors (Lipinski definition) is 5. The number of benzene rings is 1. The monoisotopic (exact) mass is 518 g/mol. The highest BCUT2D eigenvalue weighted by Gasteiger charge is 2.53. The molecule has 0 N–H and O–H groups in total. The summed E-state index contributed by atoms with van der Waals surface area (Å²) in [5.41, 5.74) is 0.820. The van der Waals surface area contributed by atoms with Crippen LogP contribution in [0.2, 0.25) is 0 Å². The van der Waals surface area contributed by atoms with E-state index in [1.54, 1.807) is 0 Å². The fourth-order valence-corrected chi connectivity index (χ4v) is 6.87. The van der Waals surface area contributed by atoms with Crippen LogP contribution in [0.1, 0.15) is 70.6 Å². The normalized spacial score (nSPS) is 25.2. The molecule has 4 aliphatic rings. The second-order valence-electron chi connectivity index (χ2n) is 11.2. The molecular weight excluding hydrogens is 472 g/mol. The molecule has 202 valence electrons. The Bertz CT molecular complexity index is 786. The van der Waals surface area contributed by atoms with Gasteiger partial charge in [0.05, 0.1) is 19.9 Å². The Morgan fingerprint density at radius 2 is 1.42 bits per heavy atom. The lowest BCUT2D eigenvalue weighted by atomic mass is 9.84. The Hall–Kier alpha value is -1.34. The van der Waals surface area contributed by atoms with Crippen molar-refractivity contribution in [1.29, 1.82) is 0 Å². The van der Waals surface area contributed by atoms with Crippen LogP contribution in [-0.2, 0) is 9.53 Å². The van der Waals surface area contributed by atoms with Gasteiger partial charge in [0.25, 0.3) is 0 Å². The number of ether oxygens (including phenoxy) is 1. The van der Waals surface area contributed by atoms with Gasteiger partial charge in [0.15, 0.2) is 0 Å². The molecular formula is C29H47ClN4O2. The summed E-state index contributed by atoms with van der Waals surface area (Å²) in [7, 11) is 0. The van der Waals surface area contributed by atoms with E-state index in [1.807, 2.05) is 0 Å². The number of hydrogen-bond donors (Lipinski definition) is 0. The molecule has 1 spiro atoms. The van der Waals surface area contributed by atoms with Crippen molar-refractivity contribution < 1.29 is 9.53 Å². The van der Waals surface area contributed by atoms with Crippen molar-refractivity contribution in [3.05, 3.63) is 30.3 Å². The topological polar surface area (TPSA) is 39.3 Å². The van der Waals surface area contributed by atoms with Crippen molar-refractivity contribution in [3.8, 4) is 0 Å². The third-order valence-corrected chi connectivity index (χ3v) is 9.09. The molecule has 1 aliphatic carbocycles. The summed E-state index contributed by atoms with van der Waals surface area (Å²) in [6.07, 6.45) is 14.4. The Balaban J connectivity index is 0.00000304. The molecule has 1 amide bonds. The van der Waals surface area contributed by atoms with Gasteiger partial charge in [0.2, 0.25) is 5.91 Å². The zero-order chi connectivity index (χ0) is 23.9. The highest BCUT2D eigenvalue weighted by Crippen LogP contribution is 2.40. The number of rotatable bonds is 5. The molecule has 0 atom stereocenters. The number of piperidine rings is 1. The largest absolute Gasteiger partial charge is 0.379 e. The van der Waals surface area contributed by atoms with Crippen LogP contribution >= 0.6 is 12.4 Å². The minimum Gasteiger partial charge on any atom is -0.379 e. The van der Waals surface area contributed by atoms with E-state index in [0.717, 1.165) is 72.0 Å². The van der Waals surface area contributed by atoms with Crippen LogP contribution in [0.5, 0.6) is 0 Å². The van der Waals surface area contributed by atoms with Crippen LogP contribution in [-0.4, -0.2) is 91.3 Å². The first kappa shape index (κ1) is 27.7. The second-order valence-corrected chi connectivity index (χ2v) is 11.2. The van der Waals surface area contributed by atoms with E-state index in [0.29, 0.717) is 11.9 Å². The molecule has 6 nitrogen and oxygen atoms in total. The standard InChI is InChI=1S/C29H46N4O2.ClH/c34-28-29(15-17-31(18-16-29)26-11-7-4-2-1-3-5-8-12-26)33(27-13-9-6-10-14-27)25-32(28)20-19-30-21-23-35-24-22-30;/h6,9-10,13-14,26H,1-5,7-8,11-12,15-25H2;1H. The molecule has 3 saturated heterocycles. The van der Waals surface area contributed by atoms with Crippen LogP contribution in [0.3, 0.4) is 0 Å². The van der Waals surface area contributed by atoms with Crippen molar-refractivity contribution in [2.75, 3.05) is 64.1 Å². The predicted octanol–water partition coefficient (Wildman–Crippen LogP) is 4.77. The summed E-state index contributed by atoms with van der Waals surface area (Å²) in [6.45, 7) is 8.16. The highest BCUT2D eigenvalue weighted by molar-refractivity contribution is 5.93. The number of amides is 1. The summed E-state index contributed by atoms with van der Waals surface area (Å²) in [6, 6.07) is 11.4. The molecule has 1 saturated carbocycles. The molecule has 7 heteroatoms. The summed E-state index contributed by atoms with van der Waals surface area (Å²) in [5.74, 6) is 0.361. The van der Waals surface area contributed by atoms with Gasteiger partial charge >= 0.3 is 0 Å². The minimum atomic E-state index is -0.376. The number of anilines is 1. The van der Waals surface area contributed by atoms with E-state index >= 15 is 0 Å². The van der Waals surface area contributed by atoms with Gasteiger partial charge in [-0.05, 0) is 37.8 Å². The smallest absolute Gasteiger partial charge is 0.250 e. The van der Waals surface area contributed by atoms with Crippen molar-refractivity contribution in [2.24, 2.45) is 0 Å². The maximum absolute atomic E-state index is 14.0. The van der Waals surface area contributed by atoms with Crippen molar-refractivity contribution in [2.45, 2.75) is 82.2 Å². The summed E-state index contributed by atoms with van der Waals surface area (Å²) in [5, 5.41) is 0. The first-order chi connectivity index (χ1) is 17.3. The Morgan fingerprint density at radius 1 is 0.806 bits per heavy atom. The fourth-order valence-electron chi connectivity index (χ4n) is 6.87. The zero-order valence-electron chi connectivity index (χ0n) is 22.1. The number of carbonyl (C=O) groups excluding carboxylic acids is 1. The predicted molar refractivity (Wildman–Crippen MR) is 149 cm³/mol. The van der Waals surface area contributed by atoms with E-state index in [1.165, 1.54) is 63.5 Å². The summed E-state index contributed by atoms with van der Waals surface area (Å²) < 4.78 is 5.51. The number of nitrogens with zero attached hydrogens (tertiary/aromatic N) is 4. The third kappa shape index (κ3) is 6.38. The molecule has 3 heterocycles. The van der Waals surface area contributed by atoms with Crippen molar-refractivity contribution >= 4 is 24.0 Å². The number of halogens is 1. The fraction of sp³-hybridized carbons (Fsp3) is 0.759. The quantitative estimate of drug-likeness (QED) is 0.561. The van der Waals surface area contributed by atoms with Gasteiger partial charge in [-0.1, -0.05) is 63.1 Å². The van der Waals surface area contributed by atoms with E-state index in [9.17, 15) is 4.79 Å². The SMILES string of the molecule is Cl.O=C1N(CCN2CCOCC2)CN(c2ccccc2)C12CCN(C1CCCCCCCCC1)CC2. The van der Waals surface area contributed by atoms with E-state index in [2.05, 4.69) is 49.9 Å². The molecule has 0 unspecified atom stereocenters. The van der Waals surface area contributed by atoms with Crippen LogP contribution in [0.4, 0.5) is 5.69 Å². The first-order valence-corrected chi connectivity index (χ1v) is 14.4. The van der Waals surface area contributed by atoms with Gasteiger partial charge in [0.1, 0.15) is 5.54 Å². The lowest BCUT2D eigenvalue weighted by Crippen LogP contribution is -2.58. The van der Waals surface area contributed by atoms with E-state index in [4.69, 9.17) is 4.74 Å².